The Labute approximate surface area is 187 Å². The Bertz CT molecular complexity index is 1160. The van der Waals surface area contributed by atoms with E-state index < -0.39 is 0 Å². The molecular weight excluding hydrogens is 402 g/mol. The zero-order chi connectivity index (χ0) is 23.1. The van der Waals surface area contributed by atoms with Crippen molar-refractivity contribution in [2.24, 2.45) is 0 Å². The van der Waals surface area contributed by atoms with E-state index >= 15 is 0 Å². The van der Waals surface area contributed by atoms with Crippen LogP contribution in [0.15, 0.2) is 48.5 Å². The van der Waals surface area contributed by atoms with Gasteiger partial charge in [0.2, 0.25) is 5.91 Å². The highest BCUT2D eigenvalue weighted by molar-refractivity contribution is 5.98. The standard InChI is InChI=1S/C25H27N5O2/c1-17-10-11-19(15-18(17)2)23(31)12-13-24(32)28-14-6-9-22-21(16-26)25(27)30(29-22)20-7-4-3-5-8-20/h3-5,7-8,10-11,15H,6,9,12-14,27H2,1-2H3,(H,28,32). The van der Waals surface area contributed by atoms with Gasteiger partial charge in [0.25, 0.3) is 0 Å². The van der Waals surface area contributed by atoms with Gasteiger partial charge in [-0.2, -0.15) is 10.4 Å². The molecule has 0 saturated heterocycles. The Hall–Kier alpha value is -3.92. The predicted octanol–water partition coefficient (Wildman–Crippen LogP) is 3.65. The Morgan fingerprint density at radius 2 is 1.84 bits per heavy atom. The summed E-state index contributed by atoms with van der Waals surface area (Å²) in [5.41, 5.74) is 10.7. The van der Waals surface area contributed by atoms with Crippen LogP contribution in [-0.2, 0) is 11.2 Å². The van der Waals surface area contributed by atoms with Gasteiger partial charge in [-0.25, -0.2) is 4.68 Å². The number of hydrogen-bond acceptors (Lipinski definition) is 5. The molecule has 7 heteroatoms. The molecule has 0 aliphatic heterocycles. The number of nitrogens with zero attached hydrogens (tertiary/aromatic N) is 3. The summed E-state index contributed by atoms with van der Waals surface area (Å²) >= 11 is 0. The topological polar surface area (TPSA) is 114 Å². The van der Waals surface area contributed by atoms with Gasteiger partial charge in [0.05, 0.1) is 11.4 Å². The van der Waals surface area contributed by atoms with Crippen molar-refractivity contribution >= 4 is 17.5 Å². The first-order valence-corrected chi connectivity index (χ1v) is 10.6. The van der Waals surface area contributed by atoms with Crippen LogP contribution in [0, 0.1) is 25.2 Å². The summed E-state index contributed by atoms with van der Waals surface area (Å²) in [5.74, 6) is 0.100. The number of amides is 1. The molecule has 0 fully saturated rings. The highest BCUT2D eigenvalue weighted by Gasteiger charge is 2.16. The average Bonchev–Trinajstić information content (AvgIpc) is 3.12. The van der Waals surface area contributed by atoms with Gasteiger partial charge < -0.3 is 11.1 Å². The van der Waals surface area contributed by atoms with Crippen LogP contribution in [0.25, 0.3) is 5.69 Å². The highest BCUT2D eigenvalue weighted by atomic mass is 16.2. The first-order chi connectivity index (χ1) is 15.4. The molecule has 3 aromatic rings. The first kappa shape index (κ1) is 22.8. The van der Waals surface area contributed by atoms with E-state index in [9.17, 15) is 14.9 Å². The molecule has 0 aliphatic rings. The number of carbonyl (C=O) groups is 2. The van der Waals surface area contributed by atoms with Gasteiger partial charge >= 0.3 is 0 Å². The fraction of sp³-hybridized carbons (Fsp3) is 0.280. The smallest absolute Gasteiger partial charge is 0.220 e. The van der Waals surface area contributed by atoms with Crippen LogP contribution in [0.1, 0.15) is 52.0 Å². The maximum atomic E-state index is 12.3. The van der Waals surface area contributed by atoms with E-state index in [0.29, 0.717) is 42.0 Å². The molecule has 2 aromatic carbocycles. The first-order valence-electron chi connectivity index (χ1n) is 10.6. The number of aromatic nitrogens is 2. The zero-order valence-corrected chi connectivity index (χ0v) is 18.4. The van der Waals surface area contributed by atoms with Crippen LogP contribution < -0.4 is 11.1 Å². The Kier molecular flexibility index (Phi) is 7.40. The maximum Gasteiger partial charge on any atom is 0.220 e. The van der Waals surface area contributed by atoms with Crippen LogP contribution in [-0.4, -0.2) is 28.0 Å². The molecule has 7 nitrogen and oxygen atoms in total. The third kappa shape index (κ3) is 5.41. The van der Waals surface area contributed by atoms with E-state index in [4.69, 9.17) is 5.73 Å². The molecule has 3 rings (SSSR count). The van der Waals surface area contributed by atoms with Gasteiger partial charge in [0.1, 0.15) is 17.5 Å². The van der Waals surface area contributed by atoms with Crippen LogP contribution in [0.3, 0.4) is 0 Å². The molecule has 0 spiro atoms. The third-order valence-corrected chi connectivity index (χ3v) is 5.43. The number of benzene rings is 2. The van der Waals surface area contributed by atoms with Crippen molar-refractivity contribution in [1.29, 1.82) is 5.26 Å². The summed E-state index contributed by atoms with van der Waals surface area (Å²) in [4.78, 5) is 24.4. The van der Waals surface area contributed by atoms with E-state index in [1.807, 2.05) is 56.3 Å². The fourth-order valence-corrected chi connectivity index (χ4v) is 3.40. The summed E-state index contributed by atoms with van der Waals surface area (Å²) in [5, 5.41) is 16.8. The second-order valence-electron chi connectivity index (χ2n) is 7.74. The largest absolute Gasteiger partial charge is 0.382 e. The van der Waals surface area contributed by atoms with Gasteiger partial charge in [-0.3, -0.25) is 9.59 Å². The lowest BCUT2D eigenvalue weighted by Gasteiger charge is -2.06. The van der Waals surface area contributed by atoms with Crippen molar-refractivity contribution in [3.8, 4) is 11.8 Å². The van der Waals surface area contributed by atoms with Gasteiger partial charge in [-0.15, -0.1) is 0 Å². The molecule has 3 N–H and O–H groups in total. The van der Waals surface area contributed by atoms with Crippen LogP contribution >= 0.6 is 0 Å². The third-order valence-electron chi connectivity index (χ3n) is 5.43. The predicted molar refractivity (Wildman–Crippen MR) is 124 cm³/mol. The average molecular weight is 430 g/mol. The van der Waals surface area contributed by atoms with E-state index in [1.54, 1.807) is 10.7 Å². The minimum Gasteiger partial charge on any atom is -0.382 e. The molecule has 0 radical (unpaired) electrons. The highest BCUT2D eigenvalue weighted by Crippen LogP contribution is 2.21. The summed E-state index contributed by atoms with van der Waals surface area (Å²) in [7, 11) is 0. The van der Waals surface area contributed by atoms with Crippen molar-refractivity contribution < 1.29 is 9.59 Å². The van der Waals surface area contributed by atoms with Crippen LogP contribution in [0.5, 0.6) is 0 Å². The minimum absolute atomic E-state index is 0.0381. The maximum absolute atomic E-state index is 12.3. The lowest BCUT2D eigenvalue weighted by Crippen LogP contribution is -2.25. The SMILES string of the molecule is Cc1ccc(C(=O)CCC(=O)NCCCc2nn(-c3ccccc3)c(N)c2C#N)cc1C. The van der Waals surface area contributed by atoms with Crippen LogP contribution in [0.4, 0.5) is 5.82 Å². The van der Waals surface area contributed by atoms with Crippen molar-refractivity contribution in [1.82, 2.24) is 15.1 Å². The molecule has 32 heavy (non-hydrogen) atoms. The number of hydrogen-bond donors (Lipinski definition) is 2. The van der Waals surface area contributed by atoms with E-state index in [-0.39, 0.29) is 24.5 Å². The van der Waals surface area contributed by atoms with E-state index in [1.165, 1.54) is 0 Å². The lowest BCUT2D eigenvalue weighted by molar-refractivity contribution is -0.121. The zero-order valence-electron chi connectivity index (χ0n) is 18.4. The number of carbonyl (C=O) groups excluding carboxylic acids is 2. The Morgan fingerprint density at radius 1 is 1.09 bits per heavy atom. The summed E-state index contributed by atoms with van der Waals surface area (Å²) in [6.07, 6.45) is 1.43. The molecule has 0 unspecified atom stereocenters. The number of aryl methyl sites for hydroxylation is 3. The number of nitrogen functional groups attached to an aromatic ring is 1. The normalized spacial score (nSPS) is 10.5. The molecule has 1 heterocycles. The number of para-hydroxylation sites is 1. The van der Waals surface area contributed by atoms with Crippen molar-refractivity contribution in [3.63, 3.8) is 0 Å². The van der Waals surface area contributed by atoms with Crippen LogP contribution in [0.2, 0.25) is 0 Å². The van der Waals surface area contributed by atoms with E-state index in [0.717, 1.165) is 16.8 Å². The molecule has 0 aliphatic carbocycles. The minimum atomic E-state index is -0.169. The number of ketones is 1. The van der Waals surface area contributed by atoms with Crippen molar-refractivity contribution in [2.45, 2.75) is 39.5 Å². The Balaban J connectivity index is 1.48. The quantitative estimate of drug-likeness (QED) is 0.398. The molecule has 1 amide bonds. The summed E-state index contributed by atoms with van der Waals surface area (Å²) in [6, 6.07) is 17.1. The van der Waals surface area contributed by atoms with E-state index in [2.05, 4.69) is 16.5 Å². The molecule has 0 atom stereocenters. The fourth-order valence-electron chi connectivity index (χ4n) is 3.40. The number of nitrogens with one attached hydrogen (secondary N) is 1. The van der Waals surface area contributed by atoms with Gasteiger partial charge in [0, 0.05) is 24.9 Å². The van der Waals surface area contributed by atoms with Crippen molar-refractivity contribution in [2.75, 3.05) is 12.3 Å². The molecular formula is C25H27N5O2. The van der Waals surface area contributed by atoms with Gasteiger partial charge in [-0.05, 0) is 56.0 Å². The van der Waals surface area contributed by atoms with Crippen molar-refractivity contribution in [3.05, 3.63) is 76.5 Å². The molecule has 0 saturated carbocycles. The summed E-state index contributed by atoms with van der Waals surface area (Å²) in [6.45, 7) is 4.39. The number of Topliss-reactive ketones (excluding diaryl/α,β-unsaturated/α-hetero) is 1. The molecule has 164 valence electrons. The van der Waals surface area contributed by atoms with Gasteiger partial charge in [-0.1, -0.05) is 30.3 Å². The Morgan fingerprint density at radius 3 is 2.53 bits per heavy atom. The monoisotopic (exact) mass is 429 g/mol. The number of nitrogens with two attached hydrogens (primary N) is 1. The molecule has 0 bridgehead atoms. The van der Waals surface area contributed by atoms with Gasteiger partial charge in [0.15, 0.2) is 5.78 Å². The second kappa shape index (κ2) is 10.4. The second-order valence-corrected chi connectivity index (χ2v) is 7.74. The molecule has 1 aromatic heterocycles. The number of anilines is 1. The number of nitriles is 1. The summed E-state index contributed by atoms with van der Waals surface area (Å²) < 4.78 is 1.56. The lowest BCUT2D eigenvalue weighted by atomic mass is 10.0. The number of rotatable bonds is 9.